The topological polar surface area (TPSA) is 89.5 Å². The fourth-order valence-electron chi connectivity index (χ4n) is 2.68. The highest BCUT2D eigenvalue weighted by Gasteiger charge is 2.57. The number of rotatable bonds is 4. The number of esters is 2. The maximum atomic E-state index is 11.4. The van der Waals surface area contributed by atoms with Gasteiger partial charge in [0.05, 0.1) is 0 Å². The van der Waals surface area contributed by atoms with Crippen molar-refractivity contribution < 1.29 is 38.0 Å². The van der Waals surface area contributed by atoms with Crippen LogP contribution in [0.5, 0.6) is 0 Å². The third-order valence-electron chi connectivity index (χ3n) is 3.42. The molecule has 2 heterocycles. The molecule has 0 N–H and O–H groups in total. The van der Waals surface area contributed by atoms with Gasteiger partial charge in [-0.05, 0) is 13.8 Å². The Hall–Kier alpha value is -1.22. The van der Waals surface area contributed by atoms with E-state index >= 15 is 0 Å². The molecule has 0 aliphatic carbocycles. The minimum Gasteiger partial charge on any atom is -0.463 e. The maximum absolute atomic E-state index is 11.4. The lowest BCUT2D eigenvalue weighted by Crippen LogP contribution is -2.59. The Bertz CT molecular complexity index is 435. The summed E-state index contributed by atoms with van der Waals surface area (Å²) in [4.78, 5) is 22.4. The number of hydrogen-bond acceptors (Lipinski definition) is 8. The van der Waals surface area contributed by atoms with Crippen molar-refractivity contribution in [1.82, 2.24) is 0 Å². The summed E-state index contributed by atoms with van der Waals surface area (Å²) in [5.41, 5.74) is 0. The van der Waals surface area contributed by atoms with Gasteiger partial charge in [0.1, 0.15) is 24.9 Å². The van der Waals surface area contributed by atoms with E-state index in [1.807, 2.05) is 0 Å². The molecule has 0 aromatic carbocycles. The summed E-state index contributed by atoms with van der Waals surface area (Å²) in [6.07, 6.45) is -3.28. The van der Waals surface area contributed by atoms with Crippen LogP contribution in [0.2, 0.25) is 0 Å². The van der Waals surface area contributed by atoms with E-state index in [2.05, 4.69) is 0 Å². The summed E-state index contributed by atoms with van der Waals surface area (Å²) < 4.78 is 32.9. The molecule has 0 saturated carbocycles. The van der Waals surface area contributed by atoms with Crippen LogP contribution in [0.3, 0.4) is 0 Å². The van der Waals surface area contributed by atoms with E-state index in [1.54, 1.807) is 13.8 Å². The SMILES string of the molecule is CO[C@@H]1O[C@@H](COC(C)=O)[C@H](OC(C)=O)[C@H]2OC(C)(C)O[C@@H]12. The van der Waals surface area contributed by atoms with E-state index in [9.17, 15) is 9.59 Å². The molecule has 5 atom stereocenters. The summed E-state index contributed by atoms with van der Waals surface area (Å²) in [6, 6.07) is 0. The van der Waals surface area contributed by atoms with Gasteiger partial charge in [0.15, 0.2) is 18.2 Å². The molecule has 2 aliphatic rings. The molecule has 8 heteroatoms. The number of fused-ring (bicyclic) bond motifs is 1. The van der Waals surface area contributed by atoms with Crippen molar-refractivity contribution in [3.63, 3.8) is 0 Å². The Kier molecular flexibility index (Phi) is 5.06. The number of carbonyl (C=O) groups excluding carboxylic acids is 2. The predicted octanol–water partition coefficient (Wildman–Crippen LogP) is 0.373. The molecule has 126 valence electrons. The molecule has 2 fully saturated rings. The third-order valence-corrected chi connectivity index (χ3v) is 3.42. The van der Waals surface area contributed by atoms with Crippen LogP contribution < -0.4 is 0 Å². The van der Waals surface area contributed by atoms with Gasteiger partial charge in [-0.2, -0.15) is 0 Å². The number of ether oxygens (including phenoxy) is 6. The standard InChI is InChI=1S/C14H22O8/c1-7(15)18-6-9-10(19-8(2)16)11-12(13(17-5)20-9)22-14(3,4)21-11/h9-13H,6H2,1-5H3/t9-,10-,11+,12+,13+/m0/s1. The Balaban J connectivity index is 2.21. The van der Waals surface area contributed by atoms with E-state index < -0.39 is 48.4 Å². The average molecular weight is 318 g/mol. The molecule has 0 spiro atoms. The molecular weight excluding hydrogens is 296 g/mol. The average Bonchev–Trinajstić information content (AvgIpc) is 2.72. The summed E-state index contributed by atoms with van der Waals surface area (Å²) >= 11 is 0. The van der Waals surface area contributed by atoms with E-state index in [4.69, 9.17) is 28.4 Å². The maximum Gasteiger partial charge on any atom is 0.303 e. The van der Waals surface area contributed by atoms with Crippen LogP contribution in [0.15, 0.2) is 0 Å². The first kappa shape index (κ1) is 17.1. The first-order chi connectivity index (χ1) is 10.2. The normalized spacial score (nSPS) is 36.5. The zero-order valence-electron chi connectivity index (χ0n) is 13.4. The Labute approximate surface area is 128 Å². The fraction of sp³-hybridized carbons (Fsp3) is 0.857. The van der Waals surface area contributed by atoms with E-state index in [-0.39, 0.29) is 6.61 Å². The largest absolute Gasteiger partial charge is 0.463 e. The van der Waals surface area contributed by atoms with Crippen molar-refractivity contribution in [3.05, 3.63) is 0 Å². The van der Waals surface area contributed by atoms with Crippen LogP contribution in [0, 0.1) is 0 Å². The smallest absolute Gasteiger partial charge is 0.303 e. The molecule has 2 rings (SSSR count). The molecule has 0 bridgehead atoms. The second kappa shape index (κ2) is 6.49. The third kappa shape index (κ3) is 3.75. The summed E-state index contributed by atoms with van der Waals surface area (Å²) in [6.45, 7) is 6.02. The van der Waals surface area contributed by atoms with Crippen LogP contribution in [0.4, 0.5) is 0 Å². The lowest BCUT2D eigenvalue weighted by Gasteiger charge is -2.40. The quantitative estimate of drug-likeness (QED) is 0.687. The molecule has 0 aromatic heterocycles. The van der Waals surface area contributed by atoms with Crippen LogP contribution in [0.25, 0.3) is 0 Å². The van der Waals surface area contributed by atoms with Gasteiger partial charge in [-0.3, -0.25) is 9.59 Å². The molecule has 8 nitrogen and oxygen atoms in total. The molecule has 0 unspecified atom stereocenters. The molecule has 0 radical (unpaired) electrons. The number of carbonyl (C=O) groups is 2. The van der Waals surface area contributed by atoms with Gasteiger partial charge in [0.25, 0.3) is 0 Å². The lowest BCUT2D eigenvalue weighted by atomic mass is 9.99. The van der Waals surface area contributed by atoms with Crippen molar-refractivity contribution in [2.24, 2.45) is 0 Å². The van der Waals surface area contributed by atoms with Gasteiger partial charge >= 0.3 is 11.9 Å². The molecule has 22 heavy (non-hydrogen) atoms. The minimum atomic E-state index is -0.857. The lowest BCUT2D eigenvalue weighted by molar-refractivity contribution is -0.276. The predicted molar refractivity (Wildman–Crippen MR) is 71.7 cm³/mol. The van der Waals surface area contributed by atoms with E-state index in [1.165, 1.54) is 21.0 Å². The molecule has 0 amide bonds. The first-order valence-electron chi connectivity index (χ1n) is 7.08. The van der Waals surface area contributed by atoms with Crippen LogP contribution >= 0.6 is 0 Å². The number of hydrogen-bond donors (Lipinski definition) is 0. The highest BCUT2D eigenvalue weighted by molar-refractivity contribution is 5.66. The Morgan fingerprint density at radius 2 is 1.73 bits per heavy atom. The zero-order valence-corrected chi connectivity index (χ0v) is 13.4. The highest BCUT2D eigenvalue weighted by Crippen LogP contribution is 2.38. The van der Waals surface area contributed by atoms with Gasteiger partial charge in [0, 0.05) is 21.0 Å². The van der Waals surface area contributed by atoms with Crippen molar-refractivity contribution in [1.29, 1.82) is 0 Å². The monoisotopic (exact) mass is 318 g/mol. The Morgan fingerprint density at radius 3 is 2.27 bits per heavy atom. The van der Waals surface area contributed by atoms with E-state index in [0.717, 1.165) is 0 Å². The van der Waals surface area contributed by atoms with Crippen LogP contribution in [0.1, 0.15) is 27.7 Å². The molecule has 0 aromatic rings. The van der Waals surface area contributed by atoms with Gasteiger partial charge < -0.3 is 28.4 Å². The van der Waals surface area contributed by atoms with Crippen LogP contribution in [-0.4, -0.2) is 62.1 Å². The molecular formula is C14H22O8. The second-order valence-electron chi connectivity index (χ2n) is 5.72. The van der Waals surface area contributed by atoms with Crippen LogP contribution in [-0.2, 0) is 38.0 Å². The van der Waals surface area contributed by atoms with Crippen molar-refractivity contribution in [2.75, 3.05) is 13.7 Å². The second-order valence-corrected chi connectivity index (χ2v) is 5.72. The summed E-state index contributed by atoms with van der Waals surface area (Å²) in [5.74, 6) is -1.79. The van der Waals surface area contributed by atoms with Gasteiger partial charge in [0.2, 0.25) is 0 Å². The van der Waals surface area contributed by atoms with Gasteiger partial charge in [-0.15, -0.1) is 0 Å². The van der Waals surface area contributed by atoms with E-state index in [0.29, 0.717) is 0 Å². The fourth-order valence-corrected chi connectivity index (χ4v) is 2.68. The first-order valence-corrected chi connectivity index (χ1v) is 7.08. The molecule has 2 aliphatic heterocycles. The minimum absolute atomic E-state index is 0.0693. The van der Waals surface area contributed by atoms with Crippen molar-refractivity contribution in [2.45, 2.75) is 64.2 Å². The van der Waals surface area contributed by atoms with Crippen molar-refractivity contribution >= 4 is 11.9 Å². The Morgan fingerprint density at radius 1 is 1.09 bits per heavy atom. The van der Waals surface area contributed by atoms with Crippen molar-refractivity contribution in [3.8, 4) is 0 Å². The molecule has 2 saturated heterocycles. The highest BCUT2D eigenvalue weighted by atomic mass is 16.8. The summed E-state index contributed by atoms with van der Waals surface area (Å²) in [7, 11) is 1.48. The van der Waals surface area contributed by atoms with Gasteiger partial charge in [-0.25, -0.2) is 0 Å². The number of methoxy groups -OCH3 is 1. The van der Waals surface area contributed by atoms with Gasteiger partial charge in [-0.1, -0.05) is 0 Å². The zero-order chi connectivity index (χ0) is 16.5. The summed E-state index contributed by atoms with van der Waals surface area (Å²) in [5, 5.41) is 0.